The maximum atomic E-state index is 12.0. The summed E-state index contributed by atoms with van der Waals surface area (Å²) in [6, 6.07) is 7.59. The molecule has 0 bridgehead atoms. The van der Waals surface area contributed by atoms with Gasteiger partial charge in [0, 0.05) is 32.7 Å². The van der Waals surface area contributed by atoms with Crippen LogP contribution in [0.2, 0.25) is 0 Å². The summed E-state index contributed by atoms with van der Waals surface area (Å²) in [4.78, 5) is 6.68. The molecule has 0 saturated carbocycles. The van der Waals surface area contributed by atoms with Crippen LogP contribution in [-0.4, -0.2) is 45.5 Å². The fraction of sp³-hybridized carbons (Fsp3) is 0.632. The molecule has 1 aromatic rings. The van der Waals surface area contributed by atoms with E-state index in [1.54, 1.807) is 0 Å². The highest BCUT2D eigenvalue weighted by Crippen LogP contribution is 2.28. The van der Waals surface area contributed by atoms with Crippen molar-refractivity contribution in [3.63, 3.8) is 0 Å². The van der Waals surface area contributed by atoms with E-state index in [0.717, 1.165) is 30.2 Å². The lowest BCUT2D eigenvalue weighted by Crippen LogP contribution is -2.40. The van der Waals surface area contributed by atoms with E-state index in [9.17, 15) is 8.42 Å². The first kappa shape index (κ1) is 24.2. The van der Waals surface area contributed by atoms with Crippen molar-refractivity contribution in [2.45, 2.75) is 52.5 Å². The van der Waals surface area contributed by atoms with Crippen LogP contribution >= 0.6 is 24.0 Å². The van der Waals surface area contributed by atoms with Gasteiger partial charge >= 0.3 is 0 Å². The first-order valence-electron chi connectivity index (χ1n) is 9.14. The Balaban J connectivity index is 0.00000364. The van der Waals surface area contributed by atoms with Gasteiger partial charge in [-0.1, -0.05) is 38.1 Å². The minimum atomic E-state index is -3.29. The Bertz CT molecular complexity index is 731. The number of benzene rings is 1. The van der Waals surface area contributed by atoms with E-state index in [-0.39, 0.29) is 35.8 Å². The molecule has 1 aromatic carbocycles. The van der Waals surface area contributed by atoms with Crippen LogP contribution in [0.4, 0.5) is 0 Å². The average molecular weight is 508 g/mol. The van der Waals surface area contributed by atoms with Crippen molar-refractivity contribution in [3.8, 4) is 0 Å². The second kappa shape index (κ2) is 10.1. The number of hydrogen-bond donors (Lipinski definition) is 2. The van der Waals surface area contributed by atoms with Gasteiger partial charge in [-0.15, -0.1) is 24.0 Å². The molecule has 2 N–H and O–H groups in total. The van der Waals surface area contributed by atoms with Crippen LogP contribution in [0.15, 0.2) is 29.3 Å². The van der Waals surface area contributed by atoms with Crippen LogP contribution in [-0.2, 0) is 22.3 Å². The van der Waals surface area contributed by atoms with E-state index < -0.39 is 10.0 Å². The molecule has 0 radical (unpaired) electrons. The highest BCUT2D eigenvalue weighted by Gasteiger charge is 2.30. The zero-order valence-corrected chi connectivity index (χ0v) is 20.1. The summed E-state index contributed by atoms with van der Waals surface area (Å²) in [5.74, 6) is 0.923. The molecule has 1 heterocycles. The number of rotatable bonds is 6. The molecule has 1 fully saturated rings. The van der Waals surface area contributed by atoms with Gasteiger partial charge in [-0.25, -0.2) is 13.1 Å². The molecule has 0 amide bonds. The van der Waals surface area contributed by atoms with Crippen molar-refractivity contribution in [1.82, 2.24) is 14.9 Å². The number of hydrogen-bond acceptors (Lipinski definition) is 3. The van der Waals surface area contributed by atoms with Gasteiger partial charge in [0.2, 0.25) is 10.0 Å². The Morgan fingerprint density at radius 2 is 1.81 bits per heavy atom. The van der Waals surface area contributed by atoms with Gasteiger partial charge in [-0.05, 0) is 36.8 Å². The van der Waals surface area contributed by atoms with E-state index in [1.807, 2.05) is 45.2 Å². The van der Waals surface area contributed by atoms with E-state index in [4.69, 9.17) is 0 Å². The number of sulfonamides is 1. The molecule has 8 heteroatoms. The van der Waals surface area contributed by atoms with Crippen molar-refractivity contribution in [2.75, 3.05) is 20.1 Å². The maximum absolute atomic E-state index is 12.0. The minimum Gasteiger partial charge on any atom is -0.352 e. The number of guanidine groups is 1. The van der Waals surface area contributed by atoms with Gasteiger partial charge in [0.15, 0.2) is 5.96 Å². The number of aliphatic imine (C=N–C) groups is 1. The molecule has 1 aliphatic heterocycles. The Morgan fingerprint density at radius 3 is 2.30 bits per heavy atom. The smallest absolute Gasteiger partial charge is 0.216 e. The van der Waals surface area contributed by atoms with Gasteiger partial charge in [0.25, 0.3) is 0 Å². The largest absolute Gasteiger partial charge is 0.352 e. The molecule has 0 unspecified atom stereocenters. The molecular formula is C19H33IN4O2S. The van der Waals surface area contributed by atoms with Gasteiger partial charge < -0.3 is 10.2 Å². The van der Waals surface area contributed by atoms with Crippen LogP contribution in [0.3, 0.4) is 0 Å². The first-order chi connectivity index (χ1) is 12.1. The zero-order valence-electron chi connectivity index (χ0n) is 16.9. The van der Waals surface area contributed by atoms with Crippen molar-refractivity contribution in [2.24, 2.45) is 10.4 Å². The Morgan fingerprint density at radius 1 is 1.22 bits per heavy atom. The highest BCUT2D eigenvalue weighted by atomic mass is 127. The predicted molar refractivity (Wildman–Crippen MR) is 123 cm³/mol. The molecule has 1 aliphatic rings. The summed E-state index contributed by atoms with van der Waals surface area (Å²) in [6.45, 7) is 10.9. The lowest BCUT2D eigenvalue weighted by atomic mass is 9.93. The van der Waals surface area contributed by atoms with Crippen LogP contribution in [0.25, 0.3) is 0 Å². The van der Waals surface area contributed by atoms with Crippen LogP contribution in [0.5, 0.6) is 0 Å². The van der Waals surface area contributed by atoms with Crippen molar-refractivity contribution < 1.29 is 8.42 Å². The molecular weight excluding hydrogens is 475 g/mol. The molecule has 154 valence electrons. The van der Waals surface area contributed by atoms with Gasteiger partial charge in [0.1, 0.15) is 0 Å². The van der Waals surface area contributed by atoms with Crippen LogP contribution in [0.1, 0.15) is 45.2 Å². The third-order valence-corrected chi connectivity index (χ3v) is 5.98. The predicted octanol–water partition coefficient (Wildman–Crippen LogP) is 2.94. The summed E-state index contributed by atoms with van der Waals surface area (Å²) in [5, 5.41) is 3.40. The molecule has 0 aliphatic carbocycles. The Kier molecular flexibility index (Phi) is 9.01. The molecule has 1 saturated heterocycles. The molecule has 0 atom stereocenters. The molecule has 0 aromatic heterocycles. The highest BCUT2D eigenvalue weighted by molar-refractivity contribution is 14.0. The van der Waals surface area contributed by atoms with Crippen molar-refractivity contribution >= 4 is 40.0 Å². The van der Waals surface area contributed by atoms with E-state index >= 15 is 0 Å². The Hall–Kier alpha value is -0.870. The van der Waals surface area contributed by atoms with E-state index in [0.29, 0.717) is 12.0 Å². The minimum absolute atomic E-state index is 0. The van der Waals surface area contributed by atoms with Crippen LogP contribution in [0, 0.1) is 5.41 Å². The van der Waals surface area contributed by atoms with Gasteiger partial charge in [-0.3, -0.25) is 4.99 Å². The number of halogens is 1. The lowest BCUT2D eigenvalue weighted by Gasteiger charge is -2.23. The average Bonchev–Trinajstić information content (AvgIpc) is 2.88. The molecule has 0 spiro atoms. The second-order valence-electron chi connectivity index (χ2n) is 8.08. The SMILES string of the molecule is CN=C(NCc1ccc(CS(=O)(=O)NC(C)C)cc1)N1CCC(C)(C)C1.I. The summed E-state index contributed by atoms with van der Waals surface area (Å²) >= 11 is 0. The fourth-order valence-electron chi connectivity index (χ4n) is 3.18. The summed E-state index contributed by atoms with van der Waals surface area (Å²) in [5.41, 5.74) is 2.21. The first-order valence-corrected chi connectivity index (χ1v) is 10.8. The quantitative estimate of drug-likeness (QED) is 0.352. The van der Waals surface area contributed by atoms with E-state index in [2.05, 4.69) is 33.8 Å². The standard InChI is InChI=1S/C19H32N4O2S.HI/c1-15(2)22-26(24,25)13-17-8-6-16(7-9-17)12-21-18(20-5)23-11-10-19(3,4)14-23;/h6-9,15,22H,10-14H2,1-5H3,(H,20,21);1H. The summed E-state index contributed by atoms with van der Waals surface area (Å²) < 4.78 is 26.6. The summed E-state index contributed by atoms with van der Waals surface area (Å²) in [7, 11) is -1.48. The summed E-state index contributed by atoms with van der Waals surface area (Å²) in [6.07, 6.45) is 1.17. The number of nitrogens with zero attached hydrogens (tertiary/aromatic N) is 2. The van der Waals surface area contributed by atoms with Crippen molar-refractivity contribution in [3.05, 3.63) is 35.4 Å². The third-order valence-electron chi connectivity index (χ3n) is 4.43. The third kappa shape index (κ3) is 7.95. The number of likely N-dealkylation sites (tertiary alicyclic amines) is 1. The van der Waals surface area contributed by atoms with E-state index in [1.165, 1.54) is 6.42 Å². The van der Waals surface area contributed by atoms with Crippen LogP contribution < -0.4 is 10.0 Å². The zero-order chi connectivity index (χ0) is 19.4. The molecule has 2 rings (SSSR count). The normalized spacial score (nSPS) is 17.1. The van der Waals surface area contributed by atoms with Gasteiger partial charge in [-0.2, -0.15) is 0 Å². The maximum Gasteiger partial charge on any atom is 0.216 e. The Labute approximate surface area is 181 Å². The molecule has 27 heavy (non-hydrogen) atoms. The lowest BCUT2D eigenvalue weighted by molar-refractivity contribution is 0.370. The monoisotopic (exact) mass is 508 g/mol. The van der Waals surface area contributed by atoms with Gasteiger partial charge in [0.05, 0.1) is 5.75 Å². The molecule has 6 nitrogen and oxygen atoms in total. The number of nitrogens with one attached hydrogen (secondary N) is 2. The second-order valence-corrected chi connectivity index (χ2v) is 9.84. The van der Waals surface area contributed by atoms with Crippen molar-refractivity contribution in [1.29, 1.82) is 0 Å². The topological polar surface area (TPSA) is 73.8 Å². The fourth-order valence-corrected chi connectivity index (χ4v) is 4.61.